The number of amides is 1. The third kappa shape index (κ3) is 3.07. The van der Waals surface area contributed by atoms with E-state index in [0.717, 1.165) is 37.2 Å². The zero-order chi connectivity index (χ0) is 13.1. The number of likely N-dealkylation sites (tertiary alicyclic amines) is 1. The van der Waals surface area contributed by atoms with Crippen LogP contribution in [0.25, 0.3) is 0 Å². The van der Waals surface area contributed by atoms with Gasteiger partial charge in [0.05, 0.1) is 5.69 Å². The molecule has 100 valence electrons. The highest BCUT2D eigenvalue weighted by atomic mass is 32.1. The Bertz CT molecular complexity index is 418. The maximum atomic E-state index is 11.3. The number of nitrogen functional groups attached to an aromatic ring is 1. The second-order valence-corrected chi connectivity index (χ2v) is 6.00. The van der Waals surface area contributed by atoms with Gasteiger partial charge < -0.3 is 0 Å². The normalized spacial score (nSPS) is 20.6. The highest BCUT2D eigenvalue weighted by Crippen LogP contribution is 2.25. The summed E-state index contributed by atoms with van der Waals surface area (Å²) in [5, 5.41) is 2.37. The zero-order valence-corrected chi connectivity index (χ0v) is 11.7. The fraction of sp³-hybridized carbons (Fsp3) is 0.667. The molecule has 1 fully saturated rings. The molecule has 1 unspecified atom stereocenters. The molecule has 2 rings (SSSR count). The molecule has 1 aliphatic rings. The van der Waals surface area contributed by atoms with E-state index in [1.54, 1.807) is 0 Å². The van der Waals surface area contributed by atoms with Gasteiger partial charge in [-0.25, -0.2) is 10.8 Å². The maximum Gasteiger partial charge on any atom is 0.294 e. The Morgan fingerprint density at radius 2 is 2.50 bits per heavy atom. The number of nitrogens with two attached hydrogens (primary N) is 1. The van der Waals surface area contributed by atoms with Crippen molar-refractivity contribution in [1.29, 1.82) is 0 Å². The van der Waals surface area contributed by atoms with Gasteiger partial charge >= 0.3 is 0 Å². The van der Waals surface area contributed by atoms with E-state index < -0.39 is 0 Å². The summed E-state index contributed by atoms with van der Waals surface area (Å²) < 4.78 is 0. The fourth-order valence-corrected chi connectivity index (χ4v) is 3.04. The van der Waals surface area contributed by atoms with Crippen LogP contribution in [-0.2, 0) is 6.54 Å². The lowest BCUT2D eigenvalue weighted by Crippen LogP contribution is -2.30. The number of aromatic nitrogens is 1. The molecule has 1 aromatic heterocycles. The molecule has 5 nitrogen and oxygen atoms in total. The first-order chi connectivity index (χ1) is 8.60. The first-order valence-corrected chi connectivity index (χ1v) is 7.15. The number of nitrogens with zero attached hydrogens (tertiary/aromatic N) is 2. The van der Waals surface area contributed by atoms with Crippen molar-refractivity contribution in [3.05, 3.63) is 16.1 Å². The highest BCUT2D eigenvalue weighted by molar-refractivity contribution is 7.11. The van der Waals surface area contributed by atoms with Crippen LogP contribution in [0.1, 0.15) is 35.8 Å². The Morgan fingerprint density at radius 3 is 3.11 bits per heavy atom. The lowest BCUT2D eigenvalue weighted by atomic mass is 9.95. The van der Waals surface area contributed by atoms with Crippen molar-refractivity contribution in [2.45, 2.75) is 26.8 Å². The number of hydrogen-bond donors (Lipinski definition) is 2. The quantitative estimate of drug-likeness (QED) is 0.489. The molecule has 6 heteroatoms. The number of thiazole rings is 1. The van der Waals surface area contributed by atoms with Crippen LogP contribution in [0, 0.1) is 11.8 Å². The van der Waals surface area contributed by atoms with Crippen molar-refractivity contribution in [3.63, 3.8) is 0 Å². The number of hydrogen-bond acceptors (Lipinski definition) is 5. The van der Waals surface area contributed by atoms with Gasteiger partial charge in [0, 0.05) is 18.5 Å². The number of rotatable bonds is 4. The molecule has 0 aliphatic carbocycles. The summed E-state index contributed by atoms with van der Waals surface area (Å²) in [7, 11) is 0. The molecule has 0 bridgehead atoms. The summed E-state index contributed by atoms with van der Waals surface area (Å²) >= 11 is 1.34. The second kappa shape index (κ2) is 5.77. The summed E-state index contributed by atoms with van der Waals surface area (Å²) in [4.78, 5) is 18.0. The molecule has 0 aromatic carbocycles. The zero-order valence-electron chi connectivity index (χ0n) is 10.8. The number of hydrazine groups is 1. The monoisotopic (exact) mass is 268 g/mol. The highest BCUT2D eigenvalue weighted by Gasteiger charge is 2.25. The number of carbonyl (C=O) groups is 1. The first-order valence-electron chi connectivity index (χ1n) is 6.28. The smallest absolute Gasteiger partial charge is 0.294 e. The van der Waals surface area contributed by atoms with Gasteiger partial charge in [-0.2, -0.15) is 0 Å². The van der Waals surface area contributed by atoms with E-state index in [2.05, 4.69) is 29.2 Å². The molecule has 0 spiro atoms. The lowest BCUT2D eigenvalue weighted by molar-refractivity contribution is 0.0953. The number of carbonyl (C=O) groups excluding carboxylic acids is 1. The summed E-state index contributed by atoms with van der Waals surface area (Å²) in [5.74, 6) is 6.30. The molecule has 2 heterocycles. The van der Waals surface area contributed by atoms with Crippen LogP contribution in [0.4, 0.5) is 0 Å². The van der Waals surface area contributed by atoms with Crippen molar-refractivity contribution < 1.29 is 4.79 Å². The fourth-order valence-electron chi connectivity index (χ4n) is 2.33. The van der Waals surface area contributed by atoms with Gasteiger partial charge in [-0.1, -0.05) is 13.8 Å². The molecule has 1 aromatic rings. The topological polar surface area (TPSA) is 71.2 Å². The minimum atomic E-state index is -0.312. The third-order valence-electron chi connectivity index (χ3n) is 3.51. The van der Waals surface area contributed by atoms with E-state index in [1.165, 1.54) is 17.8 Å². The van der Waals surface area contributed by atoms with Gasteiger partial charge in [0.1, 0.15) is 0 Å². The van der Waals surface area contributed by atoms with Gasteiger partial charge in [-0.05, 0) is 24.8 Å². The van der Waals surface area contributed by atoms with Crippen LogP contribution in [0.5, 0.6) is 0 Å². The van der Waals surface area contributed by atoms with Crippen molar-refractivity contribution in [3.8, 4) is 0 Å². The molecule has 3 N–H and O–H groups in total. The summed E-state index contributed by atoms with van der Waals surface area (Å²) in [6.45, 7) is 7.64. The van der Waals surface area contributed by atoms with E-state index in [9.17, 15) is 4.79 Å². The molecule has 1 amide bonds. The molecular formula is C12H20N4OS. The Labute approximate surface area is 111 Å². The largest absolute Gasteiger partial charge is 0.297 e. The van der Waals surface area contributed by atoms with Crippen molar-refractivity contribution in [2.24, 2.45) is 17.7 Å². The summed E-state index contributed by atoms with van der Waals surface area (Å²) in [6.07, 6.45) is 1.26. The Morgan fingerprint density at radius 1 is 1.72 bits per heavy atom. The van der Waals surface area contributed by atoms with E-state index in [0.29, 0.717) is 5.01 Å². The van der Waals surface area contributed by atoms with Crippen molar-refractivity contribution >= 4 is 17.2 Å². The van der Waals surface area contributed by atoms with E-state index in [4.69, 9.17) is 5.84 Å². The second-order valence-electron chi connectivity index (χ2n) is 5.15. The molecule has 1 aliphatic heterocycles. The predicted molar refractivity (Wildman–Crippen MR) is 72.0 cm³/mol. The molecule has 0 radical (unpaired) electrons. The van der Waals surface area contributed by atoms with Crippen molar-refractivity contribution in [1.82, 2.24) is 15.3 Å². The minimum Gasteiger partial charge on any atom is -0.297 e. The van der Waals surface area contributed by atoms with E-state index in [-0.39, 0.29) is 5.91 Å². The van der Waals surface area contributed by atoms with E-state index in [1.807, 2.05) is 5.38 Å². The van der Waals surface area contributed by atoms with Gasteiger partial charge in [0.2, 0.25) is 0 Å². The van der Waals surface area contributed by atoms with Crippen LogP contribution >= 0.6 is 11.3 Å². The summed E-state index contributed by atoms with van der Waals surface area (Å²) in [6, 6.07) is 0. The standard InChI is InChI=1S/C12H20N4OS/c1-8(2)9-3-4-16(5-9)6-10-7-18-12(14-10)11(17)15-13/h7-9H,3-6,13H2,1-2H3,(H,15,17). The van der Waals surface area contributed by atoms with Crippen LogP contribution < -0.4 is 11.3 Å². The van der Waals surface area contributed by atoms with Crippen LogP contribution in [-0.4, -0.2) is 28.9 Å². The SMILES string of the molecule is CC(C)C1CCN(Cc2csc(C(=O)NN)n2)C1. The molecular weight excluding hydrogens is 248 g/mol. The van der Waals surface area contributed by atoms with Crippen LogP contribution in [0.15, 0.2) is 5.38 Å². The average molecular weight is 268 g/mol. The molecule has 18 heavy (non-hydrogen) atoms. The van der Waals surface area contributed by atoms with Gasteiger partial charge in [0.25, 0.3) is 5.91 Å². The average Bonchev–Trinajstić information content (AvgIpc) is 2.98. The van der Waals surface area contributed by atoms with Gasteiger partial charge in [0.15, 0.2) is 5.01 Å². The molecule has 1 atom stereocenters. The maximum absolute atomic E-state index is 11.3. The lowest BCUT2D eigenvalue weighted by Gasteiger charge is -2.16. The Balaban J connectivity index is 1.91. The third-order valence-corrected chi connectivity index (χ3v) is 4.40. The predicted octanol–water partition coefficient (Wildman–Crippen LogP) is 1.22. The summed E-state index contributed by atoms with van der Waals surface area (Å²) in [5.41, 5.74) is 3.07. The minimum absolute atomic E-state index is 0.312. The van der Waals surface area contributed by atoms with Gasteiger partial charge in [-0.3, -0.25) is 15.1 Å². The first kappa shape index (κ1) is 13.5. The van der Waals surface area contributed by atoms with Crippen LogP contribution in [0.3, 0.4) is 0 Å². The van der Waals surface area contributed by atoms with Crippen molar-refractivity contribution in [2.75, 3.05) is 13.1 Å². The molecule has 1 saturated heterocycles. The Kier molecular flexibility index (Phi) is 4.31. The Hall–Kier alpha value is -0.980. The van der Waals surface area contributed by atoms with Gasteiger partial charge in [-0.15, -0.1) is 11.3 Å². The van der Waals surface area contributed by atoms with E-state index >= 15 is 0 Å². The number of nitrogens with one attached hydrogen (secondary N) is 1. The van der Waals surface area contributed by atoms with Crippen LogP contribution in [0.2, 0.25) is 0 Å². The molecule has 0 saturated carbocycles.